The van der Waals surface area contributed by atoms with Crippen molar-refractivity contribution >= 4 is 5.97 Å². The van der Waals surface area contributed by atoms with E-state index in [4.69, 9.17) is 10.4 Å². The molecule has 0 amide bonds. The molecule has 0 spiro atoms. The molecule has 0 aliphatic rings. The molecule has 4 nitrogen and oxygen atoms in total. The number of carbonyl (C=O) groups is 1. The van der Waals surface area contributed by atoms with Gasteiger partial charge in [0.15, 0.2) is 0 Å². The van der Waals surface area contributed by atoms with Gasteiger partial charge in [-0.15, -0.1) is 13.2 Å². The van der Waals surface area contributed by atoms with E-state index in [2.05, 4.69) is 4.74 Å². The standard InChI is InChI=1S/C12H10F3NO3/c13-12(14,15)19-10-4-2-1-3-9(10)8(7-16)5-6-11(17)18/h1-4,8H,5-6H2,(H,17,18). The van der Waals surface area contributed by atoms with Crippen LogP contribution in [-0.4, -0.2) is 17.4 Å². The van der Waals surface area contributed by atoms with Crippen LogP contribution < -0.4 is 4.74 Å². The Morgan fingerprint density at radius 3 is 2.58 bits per heavy atom. The summed E-state index contributed by atoms with van der Waals surface area (Å²) < 4.78 is 40.4. The summed E-state index contributed by atoms with van der Waals surface area (Å²) in [6.45, 7) is 0. The van der Waals surface area contributed by atoms with Crippen molar-refractivity contribution in [1.82, 2.24) is 0 Å². The summed E-state index contributed by atoms with van der Waals surface area (Å²) in [4.78, 5) is 10.4. The van der Waals surface area contributed by atoms with Crippen molar-refractivity contribution in [2.24, 2.45) is 0 Å². The van der Waals surface area contributed by atoms with Crippen LogP contribution in [0.4, 0.5) is 13.2 Å². The summed E-state index contributed by atoms with van der Waals surface area (Å²) in [7, 11) is 0. The number of carboxylic acid groups (broad SMARTS) is 1. The monoisotopic (exact) mass is 273 g/mol. The van der Waals surface area contributed by atoms with Gasteiger partial charge < -0.3 is 9.84 Å². The van der Waals surface area contributed by atoms with Gasteiger partial charge in [0.05, 0.1) is 12.0 Å². The van der Waals surface area contributed by atoms with E-state index in [9.17, 15) is 18.0 Å². The Morgan fingerprint density at radius 2 is 2.05 bits per heavy atom. The number of aliphatic carboxylic acids is 1. The minimum atomic E-state index is -4.86. The molecule has 0 bridgehead atoms. The number of nitrogens with zero attached hydrogens (tertiary/aromatic N) is 1. The number of halogens is 3. The molecule has 0 fully saturated rings. The lowest BCUT2D eigenvalue weighted by Crippen LogP contribution is -2.18. The zero-order chi connectivity index (χ0) is 14.5. The van der Waals surface area contributed by atoms with Crippen molar-refractivity contribution < 1.29 is 27.8 Å². The molecule has 0 heterocycles. The van der Waals surface area contributed by atoms with E-state index in [-0.39, 0.29) is 18.4 Å². The Kier molecular flexibility index (Phi) is 4.75. The average molecular weight is 273 g/mol. The van der Waals surface area contributed by atoms with Gasteiger partial charge in [0, 0.05) is 12.0 Å². The van der Waals surface area contributed by atoms with Gasteiger partial charge in [-0.05, 0) is 12.5 Å². The number of ether oxygens (including phenoxy) is 1. The number of carboxylic acids is 1. The Labute approximate surface area is 107 Å². The maximum Gasteiger partial charge on any atom is 0.573 e. The third-order valence-electron chi connectivity index (χ3n) is 2.32. The number of para-hydroxylation sites is 1. The van der Waals surface area contributed by atoms with Crippen molar-refractivity contribution in [1.29, 1.82) is 5.26 Å². The van der Waals surface area contributed by atoms with Gasteiger partial charge in [0.1, 0.15) is 5.75 Å². The normalized spacial score (nSPS) is 12.5. The molecule has 102 valence electrons. The van der Waals surface area contributed by atoms with Crippen LogP contribution in [0.25, 0.3) is 0 Å². The molecule has 0 aliphatic heterocycles. The molecular weight excluding hydrogens is 263 g/mol. The fraction of sp³-hybridized carbons (Fsp3) is 0.333. The van der Waals surface area contributed by atoms with E-state index >= 15 is 0 Å². The molecule has 1 rings (SSSR count). The van der Waals surface area contributed by atoms with Crippen LogP contribution in [0, 0.1) is 11.3 Å². The summed E-state index contributed by atoms with van der Waals surface area (Å²) in [6, 6.07) is 7.00. The van der Waals surface area contributed by atoms with Gasteiger partial charge in [0.2, 0.25) is 0 Å². The topological polar surface area (TPSA) is 70.3 Å². The first-order valence-corrected chi connectivity index (χ1v) is 5.29. The largest absolute Gasteiger partial charge is 0.573 e. The quantitative estimate of drug-likeness (QED) is 0.895. The van der Waals surface area contributed by atoms with E-state index in [0.717, 1.165) is 6.07 Å². The van der Waals surface area contributed by atoms with Gasteiger partial charge >= 0.3 is 12.3 Å². The highest BCUT2D eigenvalue weighted by Crippen LogP contribution is 2.33. The number of hydrogen-bond donors (Lipinski definition) is 1. The van der Waals surface area contributed by atoms with E-state index in [0.29, 0.717) is 0 Å². The highest BCUT2D eigenvalue weighted by molar-refractivity contribution is 5.66. The first-order valence-electron chi connectivity index (χ1n) is 5.29. The lowest BCUT2D eigenvalue weighted by Gasteiger charge is -2.15. The zero-order valence-corrected chi connectivity index (χ0v) is 9.65. The predicted octanol–water partition coefficient (Wildman–Crippen LogP) is 3.06. The van der Waals surface area contributed by atoms with Gasteiger partial charge in [0.25, 0.3) is 0 Å². The molecule has 0 aromatic heterocycles. The Balaban J connectivity index is 2.97. The molecule has 0 radical (unpaired) electrons. The van der Waals surface area contributed by atoms with Gasteiger partial charge in [-0.25, -0.2) is 0 Å². The molecule has 0 saturated heterocycles. The smallest absolute Gasteiger partial charge is 0.481 e. The second-order valence-electron chi connectivity index (χ2n) is 3.70. The Hall–Kier alpha value is -2.23. The second-order valence-corrected chi connectivity index (χ2v) is 3.70. The zero-order valence-electron chi connectivity index (χ0n) is 9.65. The maximum absolute atomic E-state index is 12.2. The SMILES string of the molecule is N#CC(CCC(=O)O)c1ccccc1OC(F)(F)F. The molecule has 1 aromatic rings. The minimum Gasteiger partial charge on any atom is -0.481 e. The predicted molar refractivity (Wildman–Crippen MR) is 58.3 cm³/mol. The Morgan fingerprint density at radius 1 is 1.42 bits per heavy atom. The maximum atomic E-state index is 12.2. The molecule has 0 aliphatic carbocycles. The number of alkyl halides is 3. The third kappa shape index (κ3) is 4.87. The minimum absolute atomic E-state index is 0.0311. The lowest BCUT2D eigenvalue weighted by atomic mass is 9.95. The summed E-state index contributed by atoms with van der Waals surface area (Å²) in [5, 5.41) is 17.5. The number of benzene rings is 1. The van der Waals surface area contributed by atoms with Gasteiger partial charge in [-0.3, -0.25) is 4.79 Å². The van der Waals surface area contributed by atoms with Crippen LogP contribution in [0.15, 0.2) is 24.3 Å². The van der Waals surface area contributed by atoms with E-state index in [1.54, 1.807) is 6.07 Å². The van der Waals surface area contributed by atoms with Crippen LogP contribution >= 0.6 is 0 Å². The van der Waals surface area contributed by atoms with Crippen LogP contribution in [0.2, 0.25) is 0 Å². The molecule has 7 heteroatoms. The summed E-state index contributed by atoms with van der Waals surface area (Å²) in [6.07, 6.45) is -5.24. The van der Waals surface area contributed by atoms with Crippen molar-refractivity contribution in [2.45, 2.75) is 25.1 Å². The van der Waals surface area contributed by atoms with E-state index in [1.807, 2.05) is 0 Å². The van der Waals surface area contributed by atoms with Crippen molar-refractivity contribution in [3.05, 3.63) is 29.8 Å². The highest BCUT2D eigenvalue weighted by atomic mass is 19.4. The molecule has 0 saturated carbocycles. The number of rotatable bonds is 5. The molecule has 1 aromatic carbocycles. The first-order chi connectivity index (χ1) is 8.83. The molecule has 19 heavy (non-hydrogen) atoms. The van der Waals surface area contributed by atoms with Crippen molar-refractivity contribution in [2.75, 3.05) is 0 Å². The second kappa shape index (κ2) is 6.09. The van der Waals surface area contributed by atoms with E-state index < -0.39 is 24.0 Å². The number of nitriles is 1. The summed E-state index contributed by atoms with van der Waals surface area (Å²) >= 11 is 0. The first kappa shape index (κ1) is 14.8. The molecular formula is C12H10F3NO3. The van der Waals surface area contributed by atoms with Crippen LogP contribution in [-0.2, 0) is 4.79 Å². The summed E-state index contributed by atoms with van der Waals surface area (Å²) in [5.74, 6) is -2.56. The molecule has 1 unspecified atom stereocenters. The summed E-state index contributed by atoms with van der Waals surface area (Å²) in [5.41, 5.74) is 0.0311. The average Bonchev–Trinajstić information content (AvgIpc) is 2.29. The van der Waals surface area contributed by atoms with Crippen LogP contribution in [0.5, 0.6) is 5.75 Å². The number of hydrogen-bond acceptors (Lipinski definition) is 3. The van der Waals surface area contributed by atoms with E-state index in [1.165, 1.54) is 18.2 Å². The fourth-order valence-corrected chi connectivity index (χ4v) is 1.54. The Bertz CT molecular complexity index is 494. The van der Waals surface area contributed by atoms with Crippen LogP contribution in [0.3, 0.4) is 0 Å². The fourth-order valence-electron chi connectivity index (χ4n) is 1.54. The van der Waals surface area contributed by atoms with Gasteiger partial charge in [-0.1, -0.05) is 18.2 Å². The van der Waals surface area contributed by atoms with Crippen LogP contribution in [0.1, 0.15) is 24.3 Å². The van der Waals surface area contributed by atoms with Crippen molar-refractivity contribution in [3.63, 3.8) is 0 Å². The lowest BCUT2D eigenvalue weighted by molar-refractivity contribution is -0.274. The molecule has 1 atom stereocenters. The van der Waals surface area contributed by atoms with Crippen molar-refractivity contribution in [3.8, 4) is 11.8 Å². The third-order valence-corrected chi connectivity index (χ3v) is 2.32. The molecule has 1 N–H and O–H groups in total. The van der Waals surface area contributed by atoms with Gasteiger partial charge in [-0.2, -0.15) is 5.26 Å². The highest BCUT2D eigenvalue weighted by Gasteiger charge is 2.33.